The molecule has 0 atom stereocenters. The van der Waals surface area contributed by atoms with Gasteiger partial charge in [0.15, 0.2) is 5.58 Å². The summed E-state index contributed by atoms with van der Waals surface area (Å²) in [6.45, 7) is 1.98. The first kappa shape index (κ1) is 17.2. The van der Waals surface area contributed by atoms with Gasteiger partial charge in [-0.15, -0.1) is 0 Å². The molecule has 1 N–H and O–H groups in total. The SMILES string of the molecule is Cc1ccc(O)c(C=Nc2ccc3oc(-c4cccc5ccccc45)nc3c2)c1. The van der Waals surface area contributed by atoms with Crippen LogP contribution in [0.15, 0.2) is 88.3 Å². The lowest BCUT2D eigenvalue weighted by Gasteiger charge is -2.01. The number of aryl methyl sites for hydroxylation is 1. The van der Waals surface area contributed by atoms with Crippen LogP contribution in [0.5, 0.6) is 5.75 Å². The zero-order chi connectivity index (χ0) is 19.8. The molecule has 140 valence electrons. The smallest absolute Gasteiger partial charge is 0.227 e. The first-order valence-corrected chi connectivity index (χ1v) is 9.40. The van der Waals surface area contributed by atoms with Crippen molar-refractivity contribution in [2.24, 2.45) is 4.99 Å². The number of benzene rings is 4. The summed E-state index contributed by atoms with van der Waals surface area (Å²) in [7, 11) is 0. The highest BCUT2D eigenvalue weighted by Crippen LogP contribution is 2.31. The Balaban J connectivity index is 1.53. The molecular weight excluding hydrogens is 360 g/mol. The molecular formula is C25H18N2O2. The van der Waals surface area contributed by atoms with Gasteiger partial charge in [0, 0.05) is 17.3 Å². The van der Waals surface area contributed by atoms with Crippen LogP contribution in [0.4, 0.5) is 5.69 Å². The Bertz CT molecular complexity index is 1380. The summed E-state index contributed by atoms with van der Waals surface area (Å²) in [5.41, 5.74) is 4.92. The molecule has 0 saturated carbocycles. The Morgan fingerprint density at radius 2 is 1.79 bits per heavy atom. The fraction of sp³-hybridized carbons (Fsp3) is 0.0400. The number of aromatic hydroxyl groups is 1. The molecule has 4 nitrogen and oxygen atoms in total. The largest absolute Gasteiger partial charge is 0.507 e. The lowest BCUT2D eigenvalue weighted by Crippen LogP contribution is -1.83. The van der Waals surface area contributed by atoms with Crippen LogP contribution in [0.1, 0.15) is 11.1 Å². The van der Waals surface area contributed by atoms with E-state index in [-0.39, 0.29) is 5.75 Å². The van der Waals surface area contributed by atoms with E-state index >= 15 is 0 Å². The van der Waals surface area contributed by atoms with Gasteiger partial charge >= 0.3 is 0 Å². The van der Waals surface area contributed by atoms with E-state index in [0.717, 1.165) is 33.1 Å². The molecule has 0 radical (unpaired) electrons. The summed E-state index contributed by atoms with van der Waals surface area (Å²) in [6, 6.07) is 25.4. The van der Waals surface area contributed by atoms with E-state index in [9.17, 15) is 5.11 Å². The van der Waals surface area contributed by atoms with Gasteiger partial charge in [0.2, 0.25) is 5.89 Å². The van der Waals surface area contributed by atoms with E-state index in [1.165, 1.54) is 0 Å². The topological polar surface area (TPSA) is 58.6 Å². The molecule has 0 fully saturated rings. The quantitative estimate of drug-likeness (QED) is 0.369. The van der Waals surface area contributed by atoms with Crippen molar-refractivity contribution in [3.8, 4) is 17.2 Å². The molecule has 0 bridgehead atoms. The van der Waals surface area contributed by atoms with Gasteiger partial charge in [-0.25, -0.2) is 4.98 Å². The summed E-state index contributed by atoms with van der Waals surface area (Å²) >= 11 is 0. The zero-order valence-electron chi connectivity index (χ0n) is 15.8. The van der Waals surface area contributed by atoms with E-state index in [4.69, 9.17) is 9.40 Å². The van der Waals surface area contributed by atoms with Crippen LogP contribution in [0, 0.1) is 6.92 Å². The average Bonchev–Trinajstić information content (AvgIpc) is 3.17. The Hall–Kier alpha value is -3.92. The molecule has 0 amide bonds. The van der Waals surface area contributed by atoms with Crippen LogP contribution >= 0.6 is 0 Å². The number of oxazole rings is 1. The number of phenolic OH excluding ortho intramolecular Hbond substituents is 1. The van der Waals surface area contributed by atoms with Gasteiger partial charge in [0.1, 0.15) is 11.3 Å². The molecule has 0 spiro atoms. The molecule has 29 heavy (non-hydrogen) atoms. The zero-order valence-corrected chi connectivity index (χ0v) is 15.8. The summed E-state index contributed by atoms with van der Waals surface area (Å²) in [5, 5.41) is 12.2. The molecule has 5 rings (SSSR count). The van der Waals surface area contributed by atoms with Crippen LogP contribution < -0.4 is 0 Å². The third kappa shape index (κ3) is 3.25. The third-order valence-electron chi connectivity index (χ3n) is 4.93. The maximum atomic E-state index is 9.98. The highest BCUT2D eigenvalue weighted by molar-refractivity contribution is 5.96. The van der Waals surface area contributed by atoms with Gasteiger partial charge in [-0.3, -0.25) is 4.99 Å². The van der Waals surface area contributed by atoms with Crippen molar-refractivity contribution in [3.05, 3.63) is 90.0 Å². The predicted octanol–water partition coefficient (Wildman–Crippen LogP) is 6.41. The van der Waals surface area contributed by atoms with Crippen molar-refractivity contribution in [1.82, 2.24) is 4.98 Å². The van der Waals surface area contributed by atoms with Crippen LogP contribution in [-0.4, -0.2) is 16.3 Å². The van der Waals surface area contributed by atoms with E-state index in [0.29, 0.717) is 17.0 Å². The van der Waals surface area contributed by atoms with Crippen molar-refractivity contribution in [2.45, 2.75) is 6.92 Å². The third-order valence-corrected chi connectivity index (χ3v) is 4.93. The Labute approximate surface area is 167 Å². The molecule has 0 saturated heterocycles. The molecule has 1 heterocycles. The van der Waals surface area contributed by atoms with Crippen LogP contribution in [0.2, 0.25) is 0 Å². The number of aromatic nitrogens is 1. The van der Waals surface area contributed by atoms with E-state index in [1.54, 1.807) is 12.3 Å². The van der Waals surface area contributed by atoms with Gasteiger partial charge in [0.05, 0.1) is 5.69 Å². The molecule has 0 aliphatic heterocycles. The molecule has 4 aromatic carbocycles. The fourth-order valence-corrected chi connectivity index (χ4v) is 3.44. The van der Waals surface area contributed by atoms with E-state index in [2.05, 4.69) is 23.2 Å². The van der Waals surface area contributed by atoms with Crippen molar-refractivity contribution in [1.29, 1.82) is 0 Å². The minimum absolute atomic E-state index is 0.208. The Kier molecular flexibility index (Phi) is 4.10. The normalized spacial score (nSPS) is 11.6. The second-order valence-electron chi connectivity index (χ2n) is 7.02. The van der Waals surface area contributed by atoms with Crippen molar-refractivity contribution in [2.75, 3.05) is 0 Å². The molecule has 4 heteroatoms. The average molecular weight is 378 g/mol. The number of rotatable bonds is 3. The lowest BCUT2D eigenvalue weighted by molar-refractivity contribution is 0.474. The lowest BCUT2D eigenvalue weighted by atomic mass is 10.0. The summed E-state index contributed by atoms with van der Waals surface area (Å²) in [4.78, 5) is 9.18. The van der Waals surface area contributed by atoms with Gasteiger partial charge in [-0.05, 0) is 54.1 Å². The minimum Gasteiger partial charge on any atom is -0.507 e. The Morgan fingerprint density at radius 3 is 2.72 bits per heavy atom. The van der Waals surface area contributed by atoms with Gasteiger partial charge in [-0.1, -0.05) is 48.0 Å². The summed E-state index contributed by atoms with van der Waals surface area (Å²) in [5.74, 6) is 0.800. The molecule has 5 aromatic rings. The summed E-state index contributed by atoms with van der Waals surface area (Å²) < 4.78 is 6.01. The Morgan fingerprint density at radius 1 is 0.931 bits per heavy atom. The highest BCUT2D eigenvalue weighted by atomic mass is 16.3. The first-order valence-electron chi connectivity index (χ1n) is 9.40. The van der Waals surface area contributed by atoms with Gasteiger partial charge in [-0.2, -0.15) is 0 Å². The van der Waals surface area contributed by atoms with Crippen LogP contribution in [0.3, 0.4) is 0 Å². The fourth-order valence-electron chi connectivity index (χ4n) is 3.44. The maximum Gasteiger partial charge on any atom is 0.227 e. The second kappa shape index (κ2) is 6.91. The molecule has 0 aliphatic carbocycles. The van der Waals surface area contributed by atoms with Gasteiger partial charge < -0.3 is 9.52 Å². The second-order valence-corrected chi connectivity index (χ2v) is 7.02. The first-order chi connectivity index (χ1) is 14.2. The summed E-state index contributed by atoms with van der Waals surface area (Å²) in [6.07, 6.45) is 1.66. The van der Waals surface area contributed by atoms with Crippen molar-refractivity contribution >= 4 is 33.8 Å². The highest BCUT2D eigenvalue weighted by Gasteiger charge is 2.11. The van der Waals surface area contributed by atoms with Crippen molar-refractivity contribution in [3.63, 3.8) is 0 Å². The molecule has 0 unspecified atom stereocenters. The van der Waals surface area contributed by atoms with Crippen LogP contribution in [0.25, 0.3) is 33.3 Å². The van der Waals surface area contributed by atoms with E-state index < -0.39 is 0 Å². The molecule has 0 aliphatic rings. The van der Waals surface area contributed by atoms with Gasteiger partial charge in [0.25, 0.3) is 0 Å². The minimum atomic E-state index is 0.208. The van der Waals surface area contributed by atoms with Crippen LogP contribution in [-0.2, 0) is 0 Å². The van der Waals surface area contributed by atoms with E-state index in [1.807, 2.05) is 61.5 Å². The maximum absolute atomic E-state index is 9.98. The molecule has 1 aromatic heterocycles. The predicted molar refractivity (Wildman–Crippen MR) is 117 cm³/mol. The van der Waals surface area contributed by atoms with Crippen molar-refractivity contribution < 1.29 is 9.52 Å². The number of hydrogen-bond acceptors (Lipinski definition) is 4. The number of nitrogens with zero attached hydrogens (tertiary/aromatic N) is 2. The monoisotopic (exact) mass is 378 g/mol. The number of hydrogen-bond donors (Lipinski definition) is 1. The number of phenols is 1. The number of aliphatic imine (C=N–C) groups is 1. The standard InChI is InChI=1S/C25H18N2O2/c1-16-9-11-23(28)18(13-16)15-26-19-10-12-24-22(14-19)27-25(29-24)21-8-4-6-17-5-2-3-7-20(17)21/h2-15,28H,1H3. The number of fused-ring (bicyclic) bond motifs is 2.